The van der Waals surface area contributed by atoms with E-state index in [1.165, 1.54) is 56.9 Å². The highest BCUT2D eigenvalue weighted by atomic mass is 79.9. The van der Waals surface area contributed by atoms with Crippen LogP contribution in [-0.4, -0.2) is 70.6 Å². The molecule has 18 nitrogen and oxygen atoms in total. The second-order valence-corrected chi connectivity index (χ2v) is 11.2. The topological polar surface area (TPSA) is 241 Å². The van der Waals surface area contributed by atoms with Crippen molar-refractivity contribution in [2.45, 2.75) is 6.42 Å². The molecule has 0 unspecified atom stereocenters. The fourth-order valence-corrected chi connectivity index (χ4v) is 4.45. The molecular formula is C28H32BrN13O5. The average Bonchev–Trinajstić information content (AvgIpc) is 3.73. The molecule has 0 aliphatic carbocycles. The Labute approximate surface area is 276 Å². The number of nitrogens with zero attached hydrogens (tertiary/aromatic N) is 6. The number of hydrogen-bond acceptors (Lipinski definition) is 8. The van der Waals surface area contributed by atoms with Crippen molar-refractivity contribution in [3.63, 3.8) is 0 Å². The first kappa shape index (κ1) is 33.9. The molecule has 0 saturated carbocycles. The smallest absolute Gasteiger partial charge is 0.275 e. The van der Waals surface area contributed by atoms with Crippen LogP contribution in [0.3, 0.4) is 0 Å². The first-order valence-electron chi connectivity index (χ1n) is 13.7. The van der Waals surface area contributed by atoms with Crippen LogP contribution in [0.2, 0.25) is 0 Å². The summed E-state index contributed by atoms with van der Waals surface area (Å²) < 4.78 is 5.75. The monoisotopic (exact) mass is 709 g/mol. The van der Waals surface area contributed by atoms with E-state index in [4.69, 9.17) is 11.1 Å². The first-order valence-corrected chi connectivity index (χ1v) is 14.5. The van der Waals surface area contributed by atoms with Crippen LogP contribution in [0.4, 0.5) is 23.0 Å². The summed E-state index contributed by atoms with van der Waals surface area (Å²) in [5, 5.41) is 28.8. The van der Waals surface area contributed by atoms with E-state index in [1.54, 1.807) is 26.5 Å². The minimum Gasteiger partial charge on any atom is -0.388 e. The second-order valence-electron chi connectivity index (χ2n) is 10.3. The molecule has 19 heteroatoms. The van der Waals surface area contributed by atoms with Crippen molar-refractivity contribution in [3.05, 3.63) is 70.5 Å². The van der Waals surface area contributed by atoms with E-state index in [1.807, 2.05) is 0 Å². The minimum absolute atomic E-state index is 0.0577. The SMILES string of the molecule is C=C(Br)C(=O)Nc1cc(C(=O)Nc2cc(C(=O)Nc3cc(C(=O)Nc4cc(C(=O)NCCC(=N)N)n(C)n4)n(C)n3)n(C)c2)n(C)c1. The molecule has 0 aromatic carbocycles. The van der Waals surface area contributed by atoms with Crippen LogP contribution in [0.25, 0.3) is 0 Å². The van der Waals surface area contributed by atoms with E-state index in [-0.39, 0.29) is 57.7 Å². The fraction of sp³-hybridized carbons (Fsp3) is 0.214. The third kappa shape index (κ3) is 8.19. The number of aromatic nitrogens is 6. The van der Waals surface area contributed by atoms with Gasteiger partial charge in [-0.1, -0.05) is 6.58 Å². The van der Waals surface area contributed by atoms with Gasteiger partial charge in [0.25, 0.3) is 29.5 Å². The zero-order chi connectivity index (χ0) is 34.6. The van der Waals surface area contributed by atoms with E-state index in [0.717, 1.165) is 0 Å². The zero-order valence-electron chi connectivity index (χ0n) is 25.8. The van der Waals surface area contributed by atoms with Crippen LogP contribution in [-0.2, 0) is 33.0 Å². The molecule has 0 saturated heterocycles. The fourth-order valence-electron chi connectivity index (χ4n) is 4.35. The van der Waals surface area contributed by atoms with E-state index in [9.17, 15) is 24.0 Å². The van der Waals surface area contributed by atoms with Crippen LogP contribution in [0.15, 0.2) is 47.7 Å². The molecule has 5 amide bonds. The van der Waals surface area contributed by atoms with Crippen LogP contribution < -0.4 is 32.3 Å². The second kappa shape index (κ2) is 14.0. The average molecular weight is 711 g/mol. The number of amides is 5. The van der Waals surface area contributed by atoms with Gasteiger partial charge in [-0.2, -0.15) is 10.2 Å². The summed E-state index contributed by atoms with van der Waals surface area (Å²) in [5.41, 5.74) is 6.76. The summed E-state index contributed by atoms with van der Waals surface area (Å²) >= 11 is 3.00. The number of hydrogen-bond donors (Lipinski definition) is 7. The molecule has 0 spiro atoms. The molecule has 0 atom stereocenters. The largest absolute Gasteiger partial charge is 0.388 e. The summed E-state index contributed by atoms with van der Waals surface area (Å²) in [6.45, 7) is 3.68. The molecule has 4 aromatic rings. The lowest BCUT2D eigenvalue weighted by molar-refractivity contribution is -0.112. The normalized spacial score (nSPS) is 10.7. The molecule has 0 fully saturated rings. The molecule has 0 aliphatic rings. The zero-order valence-corrected chi connectivity index (χ0v) is 27.4. The number of aryl methyl sites for hydroxylation is 4. The summed E-state index contributed by atoms with van der Waals surface area (Å²) in [6, 6.07) is 5.73. The highest BCUT2D eigenvalue weighted by Gasteiger charge is 2.21. The van der Waals surface area contributed by atoms with Gasteiger partial charge in [0, 0.05) is 65.7 Å². The summed E-state index contributed by atoms with van der Waals surface area (Å²) in [4.78, 5) is 63.3. The Bertz CT molecular complexity index is 1930. The number of carbonyl (C=O) groups excluding carboxylic acids is 5. The van der Waals surface area contributed by atoms with Gasteiger partial charge in [0.1, 0.15) is 22.8 Å². The Hall–Kier alpha value is -5.98. The molecule has 246 valence electrons. The maximum Gasteiger partial charge on any atom is 0.275 e. The van der Waals surface area contributed by atoms with E-state index in [2.05, 4.69) is 59.3 Å². The maximum absolute atomic E-state index is 13.1. The van der Waals surface area contributed by atoms with Gasteiger partial charge in [-0.3, -0.25) is 38.7 Å². The Kier molecular flexibility index (Phi) is 10.1. The van der Waals surface area contributed by atoms with Crippen LogP contribution in [0.1, 0.15) is 48.4 Å². The van der Waals surface area contributed by atoms with Crippen LogP contribution >= 0.6 is 15.9 Å². The van der Waals surface area contributed by atoms with Crippen molar-refractivity contribution in [2.75, 3.05) is 27.8 Å². The van der Waals surface area contributed by atoms with Crippen molar-refractivity contribution < 1.29 is 24.0 Å². The lowest BCUT2D eigenvalue weighted by Crippen LogP contribution is -2.29. The Morgan fingerprint density at radius 2 is 1.19 bits per heavy atom. The van der Waals surface area contributed by atoms with Gasteiger partial charge in [0.05, 0.1) is 21.7 Å². The lowest BCUT2D eigenvalue weighted by Gasteiger charge is -2.03. The predicted octanol–water partition coefficient (Wildman–Crippen LogP) is 1.49. The van der Waals surface area contributed by atoms with Gasteiger partial charge in [-0.15, -0.1) is 0 Å². The number of halogens is 1. The molecule has 0 radical (unpaired) electrons. The number of nitrogens with two attached hydrogens (primary N) is 1. The highest BCUT2D eigenvalue weighted by Crippen LogP contribution is 2.20. The maximum atomic E-state index is 13.1. The third-order valence-corrected chi connectivity index (χ3v) is 6.99. The van der Waals surface area contributed by atoms with Crippen molar-refractivity contribution >= 4 is 74.3 Å². The van der Waals surface area contributed by atoms with Crippen molar-refractivity contribution in [1.82, 2.24) is 34.0 Å². The van der Waals surface area contributed by atoms with Crippen LogP contribution in [0.5, 0.6) is 0 Å². The summed E-state index contributed by atoms with van der Waals surface area (Å²) in [5.74, 6) is -2.38. The molecule has 4 aromatic heterocycles. The Balaban J connectivity index is 1.38. The summed E-state index contributed by atoms with van der Waals surface area (Å²) in [6.07, 6.45) is 3.32. The number of carbonyl (C=O) groups is 5. The van der Waals surface area contributed by atoms with Gasteiger partial charge in [-0.25, -0.2) is 0 Å². The summed E-state index contributed by atoms with van der Waals surface area (Å²) in [7, 11) is 6.32. The Morgan fingerprint density at radius 1 is 0.745 bits per heavy atom. The van der Waals surface area contributed by atoms with Gasteiger partial charge in [0.2, 0.25) is 0 Å². The van der Waals surface area contributed by atoms with Crippen molar-refractivity contribution in [2.24, 2.45) is 33.9 Å². The van der Waals surface area contributed by atoms with Crippen molar-refractivity contribution in [3.8, 4) is 0 Å². The lowest BCUT2D eigenvalue weighted by atomic mass is 10.3. The molecule has 4 rings (SSSR count). The van der Waals surface area contributed by atoms with E-state index in [0.29, 0.717) is 11.4 Å². The third-order valence-electron chi connectivity index (χ3n) is 6.63. The molecular weight excluding hydrogens is 678 g/mol. The van der Waals surface area contributed by atoms with Gasteiger partial charge in [-0.05, 0) is 28.1 Å². The molecule has 0 aliphatic heterocycles. The molecule has 0 bridgehead atoms. The molecule has 47 heavy (non-hydrogen) atoms. The molecule has 4 heterocycles. The van der Waals surface area contributed by atoms with Crippen LogP contribution in [0, 0.1) is 5.41 Å². The Morgan fingerprint density at radius 3 is 1.68 bits per heavy atom. The molecule has 8 N–H and O–H groups in total. The predicted molar refractivity (Wildman–Crippen MR) is 177 cm³/mol. The van der Waals surface area contributed by atoms with Gasteiger partial charge in [0.15, 0.2) is 11.6 Å². The van der Waals surface area contributed by atoms with Gasteiger partial charge >= 0.3 is 0 Å². The number of anilines is 4. The number of rotatable bonds is 12. The quantitative estimate of drug-likeness (QED) is 0.0644. The van der Waals surface area contributed by atoms with E-state index >= 15 is 0 Å². The van der Waals surface area contributed by atoms with Gasteiger partial charge < -0.3 is 41.5 Å². The first-order chi connectivity index (χ1) is 22.1. The number of nitrogens with one attached hydrogen (secondary N) is 6. The minimum atomic E-state index is -0.591. The standard InChI is InChI=1S/C28H32BrN13O5/c1-14(29)24(43)33-15-8-17(39(2)12-15)26(45)34-16-9-18(40(3)13-16)27(46)35-23-11-20(42(5)38-23)28(47)36-22-10-19(41(4)37-22)25(44)32-7-6-21(30)31/h8-13H,1,6-7H2,2-5H3,(H3,30,31)(H,32,44)(H,33,43)(H,34,45)(H,35,38,46)(H,36,37,47). The number of amidine groups is 1. The van der Waals surface area contributed by atoms with E-state index < -0.39 is 29.5 Å². The van der Waals surface area contributed by atoms with Crippen molar-refractivity contribution in [1.29, 1.82) is 5.41 Å². The highest BCUT2D eigenvalue weighted by molar-refractivity contribution is 9.12.